The Bertz CT molecular complexity index is 1220. The number of benzene rings is 3. The molecule has 0 aliphatic rings. The van der Waals surface area contributed by atoms with Crippen LogP contribution in [0.15, 0.2) is 71.7 Å². The third kappa shape index (κ3) is 7.57. The molecule has 0 aliphatic carbocycles. The molecule has 0 fully saturated rings. The molecule has 0 saturated carbocycles. The molecule has 2 atom stereocenters. The number of rotatable bonds is 10. The average Bonchev–Trinajstić information content (AvgIpc) is 2.86. The van der Waals surface area contributed by atoms with Crippen molar-refractivity contribution in [3.8, 4) is 5.75 Å². The highest BCUT2D eigenvalue weighted by atomic mass is 31.1. The van der Waals surface area contributed by atoms with Crippen LogP contribution >= 0.6 is 8.58 Å². The van der Waals surface area contributed by atoms with Crippen LogP contribution in [0.1, 0.15) is 102 Å². The Morgan fingerprint density at radius 2 is 1.45 bits per heavy atom. The first-order valence-electron chi connectivity index (χ1n) is 14.0. The molecule has 3 aromatic rings. The van der Waals surface area contributed by atoms with Crippen LogP contribution in [0.5, 0.6) is 5.75 Å². The molecule has 0 saturated heterocycles. The van der Waals surface area contributed by atoms with E-state index in [1.807, 2.05) is 13.3 Å². The lowest BCUT2D eigenvalue weighted by molar-refractivity contribution is 0.290. The van der Waals surface area contributed by atoms with Crippen molar-refractivity contribution >= 4 is 20.1 Å². The van der Waals surface area contributed by atoms with Crippen LogP contribution < -0.4 is 10.0 Å². The van der Waals surface area contributed by atoms with Crippen molar-refractivity contribution in [1.82, 2.24) is 0 Å². The number of hydrogen-bond donors (Lipinski definition) is 0. The summed E-state index contributed by atoms with van der Waals surface area (Å²) in [6.07, 6.45) is 5.46. The van der Waals surface area contributed by atoms with Gasteiger partial charge in [-0.1, -0.05) is 144 Å². The highest BCUT2D eigenvalue weighted by Gasteiger charge is 2.35. The molecule has 2 unspecified atom stereocenters. The summed E-state index contributed by atoms with van der Waals surface area (Å²) in [5, 5.41) is 1.30. The van der Waals surface area contributed by atoms with Crippen LogP contribution in [0, 0.1) is 0 Å². The zero-order chi connectivity index (χ0) is 28.0. The lowest BCUT2D eigenvalue weighted by atomic mass is 9.76. The zero-order valence-electron chi connectivity index (χ0n) is 25.1. The first-order valence-corrected chi connectivity index (χ1v) is 15.0. The molecule has 2 nitrogen and oxygen atoms in total. The van der Waals surface area contributed by atoms with E-state index in [-0.39, 0.29) is 16.0 Å². The summed E-state index contributed by atoms with van der Waals surface area (Å²) in [6.45, 7) is 19.2. The van der Waals surface area contributed by atoms with Gasteiger partial charge in [-0.2, -0.15) is 0 Å². The van der Waals surface area contributed by atoms with E-state index in [0.29, 0.717) is 15.2 Å². The van der Waals surface area contributed by atoms with Crippen LogP contribution in [-0.4, -0.2) is 13.3 Å². The second-order valence-corrected chi connectivity index (χ2v) is 14.6. The predicted molar refractivity (Wildman–Crippen MR) is 169 cm³/mol. The summed E-state index contributed by atoms with van der Waals surface area (Å²) < 4.78 is 6.87. The Kier molecular flexibility index (Phi) is 9.99. The number of hydrogen-bond acceptors (Lipinski definition) is 2. The summed E-state index contributed by atoms with van der Waals surface area (Å²) in [5.41, 5.74) is 6.41. The quantitative estimate of drug-likeness (QED) is 0.189. The first kappa shape index (κ1) is 30.1. The lowest BCUT2D eigenvalue weighted by Crippen LogP contribution is -2.26. The average molecular weight is 530 g/mol. The van der Waals surface area contributed by atoms with Crippen LogP contribution in [0.3, 0.4) is 0 Å². The van der Waals surface area contributed by atoms with Crippen LogP contribution in [-0.2, 0) is 22.6 Å². The van der Waals surface area contributed by atoms with Gasteiger partial charge in [0, 0.05) is 29.5 Å². The molecule has 0 radical (unpaired) electrons. The van der Waals surface area contributed by atoms with Crippen molar-refractivity contribution in [3.05, 3.63) is 94.5 Å². The highest BCUT2D eigenvalue weighted by molar-refractivity contribution is 7.48. The molecule has 0 spiro atoms. The molecule has 0 N–H and O–H groups in total. The molecular weight excluding hydrogens is 481 g/mol. The van der Waals surface area contributed by atoms with Gasteiger partial charge in [-0.15, -0.1) is 0 Å². The topological polar surface area (TPSA) is 21.6 Å². The van der Waals surface area contributed by atoms with E-state index in [2.05, 4.69) is 127 Å². The van der Waals surface area contributed by atoms with Gasteiger partial charge in [-0.3, -0.25) is 4.99 Å². The van der Waals surface area contributed by atoms with Gasteiger partial charge in [0.1, 0.15) is 12.4 Å². The Labute approximate surface area is 234 Å². The minimum Gasteiger partial charge on any atom is -0.488 e. The summed E-state index contributed by atoms with van der Waals surface area (Å²) in [5.74, 6) is 1.07. The molecular formula is C35H48NOP. The van der Waals surface area contributed by atoms with E-state index in [1.165, 1.54) is 46.0 Å². The monoisotopic (exact) mass is 529 g/mol. The molecule has 0 aromatic heterocycles. The zero-order valence-corrected chi connectivity index (χ0v) is 26.1. The molecule has 3 heteroatoms. The van der Waals surface area contributed by atoms with Crippen molar-refractivity contribution in [3.63, 3.8) is 0 Å². The first-order chi connectivity index (χ1) is 17.9. The summed E-state index contributed by atoms with van der Waals surface area (Å²) in [6, 6.07) is 24.2. The summed E-state index contributed by atoms with van der Waals surface area (Å²) in [7, 11) is 2.46. The molecule has 0 aliphatic heterocycles. The number of unbranched alkanes of at least 4 members (excludes halogenated alkanes) is 1. The molecule has 38 heavy (non-hydrogen) atoms. The van der Waals surface area contributed by atoms with Crippen molar-refractivity contribution in [1.29, 1.82) is 0 Å². The van der Waals surface area contributed by atoms with Gasteiger partial charge in [0.15, 0.2) is 0 Å². The van der Waals surface area contributed by atoms with Gasteiger partial charge in [0.2, 0.25) is 0 Å². The fourth-order valence-corrected chi connectivity index (χ4v) is 6.56. The van der Waals surface area contributed by atoms with Gasteiger partial charge < -0.3 is 4.74 Å². The lowest BCUT2D eigenvalue weighted by Gasteiger charge is -2.37. The second kappa shape index (κ2) is 12.6. The number of aliphatic imine (C=N–C) groups is 1. The summed E-state index contributed by atoms with van der Waals surface area (Å²) >= 11 is 0. The standard InChI is InChI=1S/C35H48NOP/c1-10-11-21-35(8,38-31-20-16-15-19-27(31)24-36-9)30-23-28(33(2,3)4)22-29(34(5,6)7)32(30)37-25-26-17-13-12-14-18-26/h12-20,22-24,38H,10-11,21,25H2,1-9H3. The maximum atomic E-state index is 6.87. The minimum atomic E-state index is -0.0685. The second-order valence-electron chi connectivity index (χ2n) is 12.7. The van der Waals surface area contributed by atoms with Crippen molar-refractivity contribution in [2.24, 2.45) is 4.99 Å². The smallest absolute Gasteiger partial charge is 0.127 e. The Morgan fingerprint density at radius 1 is 0.816 bits per heavy atom. The normalized spacial score (nSPS) is 14.3. The Morgan fingerprint density at radius 3 is 2.05 bits per heavy atom. The molecule has 3 rings (SSSR count). The number of nitrogens with zero attached hydrogens (tertiary/aromatic N) is 1. The SMILES string of the molecule is CCCCC(C)(Pc1ccccc1C=NC)c1cc(C(C)(C)C)cc(C(C)(C)C)c1OCc1ccccc1. The van der Waals surface area contributed by atoms with Crippen molar-refractivity contribution in [2.75, 3.05) is 7.05 Å². The largest absolute Gasteiger partial charge is 0.488 e. The third-order valence-corrected chi connectivity index (χ3v) is 9.05. The van der Waals surface area contributed by atoms with Crippen molar-refractivity contribution < 1.29 is 4.74 Å². The van der Waals surface area contributed by atoms with Gasteiger partial charge in [0.25, 0.3) is 0 Å². The Balaban J connectivity index is 2.28. The van der Waals surface area contributed by atoms with Gasteiger partial charge in [-0.05, 0) is 39.2 Å². The van der Waals surface area contributed by atoms with Gasteiger partial charge in [0.05, 0.1) is 0 Å². The van der Waals surface area contributed by atoms with Crippen LogP contribution in [0.2, 0.25) is 0 Å². The van der Waals surface area contributed by atoms with Gasteiger partial charge >= 0.3 is 0 Å². The minimum absolute atomic E-state index is 0.0360. The van der Waals surface area contributed by atoms with Crippen LogP contribution in [0.25, 0.3) is 0 Å². The Hall–Kier alpha value is -2.44. The predicted octanol–water partition coefficient (Wildman–Crippen LogP) is 9.32. The molecule has 0 bridgehead atoms. The highest BCUT2D eigenvalue weighted by Crippen LogP contribution is 2.52. The van der Waals surface area contributed by atoms with Gasteiger partial charge in [-0.25, -0.2) is 0 Å². The molecule has 0 amide bonds. The van der Waals surface area contributed by atoms with Crippen molar-refractivity contribution in [2.45, 2.75) is 97.2 Å². The molecule has 204 valence electrons. The van der Waals surface area contributed by atoms with E-state index in [1.54, 1.807) is 0 Å². The maximum Gasteiger partial charge on any atom is 0.127 e. The molecule has 3 aromatic carbocycles. The number of ether oxygens (including phenoxy) is 1. The fourth-order valence-electron chi connectivity index (χ4n) is 4.87. The summed E-state index contributed by atoms with van der Waals surface area (Å²) in [4.78, 5) is 4.36. The van der Waals surface area contributed by atoms with E-state index in [0.717, 1.165) is 12.2 Å². The molecule has 0 heterocycles. The fraction of sp³-hybridized carbons (Fsp3) is 0.457. The van der Waals surface area contributed by atoms with E-state index in [9.17, 15) is 0 Å². The van der Waals surface area contributed by atoms with E-state index in [4.69, 9.17) is 4.74 Å². The van der Waals surface area contributed by atoms with Crippen LogP contribution in [0.4, 0.5) is 0 Å². The maximum absolute atomic E-state index is 6.87. The van der Waals surface area contributed by atoms with E-state index < -0.39 is 0 Å². The third-order valence-electron chi connectivity index (χ3n) is 7.25. The van der Waals surface area contributed by atoms with E-state index >= 15 is 0 Å².